The van der Waals surface area contributed by atoms with Crippen LogP contribution in [-0.4, -0.2) is 55.5 Å². The number of piperidine rings is 1. The van der Waals surface area contributed by atoms with Crippen LogP contribution in [0.5, 0.6) is 11.5 Å². The lowest BCUT2D eigenvalue weighted by molar-refractivity contribution is 0.0904. The second-order valence-corrected chi connectivity index (χ2v) is 7.49. The van der Waals surface area contributed by atoms with E-state index in [1.807, 2.05) is 36.4 Å². The molecule has 0 aliphatic carbocycles. The van der Waals surface area contributed by atoms with Crippen molar-refractivity contribution in [3.63, 3.8) is 0 Å². The van der Waals surface area contributed by atoms with E-state index in [9.17, 15) is 9.59 Å². The van der Waals surface area contributed by atoms with Crippen molar-refractivity contribution in [3.05, 3.63) is 59.7 Å². The van der Waals surface area contributed by atoms with Gasteiger partial charge in [0, 0.05) is 43.2 Å². The summed E-state index contributed by atoms with van der Waals surface area (Å²) in [5, 5.41) is 3.12. The highest BCUT2D eigenvalue weighted by Gasteiger charge is 2.22. The van der Waals surface area contributed by atoms with Crippen molar-refractivity contribution in [2.75, 3.05) is 32.8 Å². The molecule has 0 unspecified atom stereocenters. The van der Waals surface area contributed by atoms with Gasteiger partial charge in [-0.25, -0.2) is 0 Å². The number of nitrogens with one attached hydrogen (secondary N) is 1. The lowest BCUT2D eigenvalue weighted by Crippen LogP contribution is -2.45. The number of carbonyl (C=O) groups is 2. The lowest BCUT2D eigenvalue weighted by Gasteiger charge is -2.32. The number of carbonyl (C=O) groups excluding carboxylic acids is 2. The van der Waals surface area contributed by atoms with Gasteiger partial charge in [0.15, 0.2) is 17.3 Å². The summed E-state index contributed by atoms with van der Waals surface area (Å²) < 4.78 is 11.1. The van der Waals surface area contributed by atoms with Crippen molar-refractivity contribution in [1.29, 1.82) is 0 Å². The Morgan fingerprint density at radius 2 is 1.66 bits per heavy atom. The van der Waals surface area contributed by atoms with Crippen LogP contribution in [0.4, 0.5) is 0 Å². The van der Waals surface area contributed by atoms with Crippen LogP contribution in [0.1, 0.15) is 40.0 Å². The third-order valence-corrected chi connectivity index (χ3v) is 5.48. The largest absolute Gasteiger partial charge is 0.486 e. The molecule has 2 heterocycles. The topological polar surface area (TPSA) is 67.9 Å². The molecule has 6 heteroatoms. The number of Topliss-reactive ketones (excluding diaryl/α,β-unsaturated/α-hetero) is 1. The van der Waals surface area contributed by atoms with Crippen molar-refractivity contribution in [3.8, 4) is 11.5 Å². The first-order valence-electron chi connectivity index (χ1n) is 10.2. The van der Waals surface area contributed by atoms with E-state index in [0.29, 0.717) is 42.3 Å². The van der Waals surface area contributed by atoms with E-state index in [4.69, 9.17) is 9.47 Å². The molecule has 0 atom stereocenters. The Bertz CT molecular complexity index is 860. The Morgan fingerprint density at radius 3 is 2.41 bits per heavy atom. The Balaban J connectivity index is 1.22. The standard InChI is InChI=1S/C23H26N2O4/c26-20(18-6-7-21-22(16-18)29-15-14-28-21)10-13-25-11-8-19(9-12-25)24-23(27)17-4-2-1-3-5-17/h1-7,16,19H,8-15H2,(H,24,27). The fourth-order valence-electron chi connectivity index (χ4n) is 3.78. The van der Waals surface area contributed by atoms with Gasteiger partial charge in [0.05, 0.1) is 0 Å². The van der Waals surface area contributed by atoms with Gasteiger partial charge in [-0.2, -0.15) is 0 Å². The normalized spacial score (nSPS) is 17.0. The van der Waals surface area contributed by atoms with E-state index in [1.165, 1.54) is 0 Å². The SMILES string of the molecule is O=C(CCN1CCC(NC(=O)c2ccccc2)CC1)c1ccc2c(c1)OCCO2. The Kier molecular flexibility index (Phi) is 6.10. The van der Waals surface area contributed by atoms with Gasteiger partial charge in [-0.05, 0) is 43.2 Å². The second-order valence-electron chi connectivity index (χ2n) is 7.49. The Hall–Kier alpha value is -2.86. The van der Waals surface area contributed by atoms with Crippen LogP contribution < -0.4 is 14.8 Å². The number of fused-ring (bicyclic) bond motifs is 1. The van der Waals surface area contributed by atoms with Gasteiger partial charge < -0.3 is 19.7 Å². The van der Waals surface area contributed by atoms with Gasteiger partial charge in [0.25, 0.3) is 5.91 Å². The molecule has 0 spiro atoms. The molecule has 0 radical (unpaired) electrons. The number of ether oxygens (including phenoxy) is 2. The van der Waals surface area contributed by atoms with Crippen LogP contribution in [-0.2, 0) is 0 Å². The monoisotopic (exact) mass is 394 g/mol. The number of rotatable bonds is 6. The average molecular weight is 394 g/mol. The van der Waals surface area contributed by atoms with E-state index < -0.39 is 0 Å². The predicted octanol–water partition coefficient (Wildman–Crippen LogP) is 2.93. The van der Waals surface area contributed by atoms with Crippen LogP contribution in [0, 0.1) is 0 Å². The maximum atomic E-state index is 12.6. The summed E-state index contributed by atoms with van der Waals surface area (Å²) in [5.74, 6) is 1.45. The van der Waals surface area contributed by atoms with Crippen LogP contribution in [0.25, 0.3) is 0 Å². The summed E-state index contributed by atoms with van der Waals surface area (Å²) in [6.45, 7) is 3.55. The van der Waals surface area contributed by atoms with Crippen molar-refractivity contribution in [2.45, 2.75) is 25.3 Å². The zero-order valence-corrected chi connectivity index (χ0v) is 16.4. The minimum Gasteiger partial charge on any atom is -0.486 e. The van der Waals surface area contributed by atoms with Crippen molar-refractivity contribution < 1.29 is 19.1 Å². The molecule has 152 valence electrons. The van der Waals surface area contributed by atoms with Crippen molar-refractivity contribution in [1.82, 2.24) is 10.2 Å². The number of amides is 1. The highest BCUT2D eigenvalue weighted by molar-refractivity contribution is 5.97. The maximum absolute atomic E-state index is 12.6. The maximum Gasteiger partial charge on any atom is 0.251 e. The number of nitrogens with zero attached hydrogens (tertiary/aromatic N) is 1. The molecule has 2 aromatic rings. The summed E-state index contributed by atoms with van der Waals surface area (Å²) in [5.41, 5.74) is 1.36. The zero-order valence-electron chi connectivity index (χ0n) is 16.4. The van der Waals surface area contributed by atoms with E-state index in [-0.39, 0.29) is 17.7 Å². The molecule has 0 bridgehead atoms. The highest BCUT2D eigenvalue weighted by Crippen LogP contribution is 2.31. The fraction of sp³-hybridized carbons (Fsp3) is 0.391. The van der Waals surface area contributed by atoms with Gasteiger partial charge >= 0.3 is 0 Å². The van der Waals surface area contributed by atoms with Crippen molar-refractivity contribution in [2.24, 2.45) is 0 Å². The number of likely N-dealkylation sites (tertiary alicyclic amines) is 1. The smallest absolute Gasteiger partial charge is 0.251 e. The van der Waals surface area contributed by atoms with Gasteiger partial charge in [-0.3, -0.25) is 9.59 Å². The van der Waals surface area contributed by atoms with Gasteiger partial charge in [-0.1, -0.05) is 18.2 Å². The van der Waals surface area contributed by atoms with Crippen LogP contribution >= 0.6 is 0 Å². The third kappa shape index (κ3) is 4.95. The summed E-state index contributed by atoms with van der Waals surface area (Å²) in [4.78, 5) is 27.1. The summed E-state index contributed by atoms with van der Waals surface area (Å²) in [7, 11) is 0. The quantitative estimate of drug-likeness (QED) is 0.763. The van der Waals surface area contributed by atoms with Gasteiger partial charge in [0.1, 0.15) is 13.2 Å². The molecule has 2 aromatic carbocycles. The molecule has 2 aliphatic rings. The van der Waals surface area contributed by atoms with Crippen LogP contribution in [0.3, 0.4) is 0 Å². The number of ketones is 1. The van der Waals surface area contributed by atoms with E-state index in [2.05, 4.69) is 10.2 Å². The minimum atomic E-state index is -0.0159. The third-order valence-electron chi connectivity index (χ3n) is 5.48. The lowest BCUT2D eigenvalue weighted by atomic mass is 10.0. The van der Waals surface area contributed by atoms with E-state index in [1.54, 1.807) is 12.1 Å². The zero-order chi connectivity index (χ0) is 20.1. The fourth-order valence-corrected chi connectivity index (χ4v) is 3.78. The molecule has 1 N–H and O–H groups in total. The first-order valence-corrected chi connectivity index (χ1v) is 10.2. The predicted molar refractivity (Wildman–Crippen MR) is 110 cm³/mol. The van der Waals surface area contributed by atoms with Crippen LogP contribution in [0.15, 0.2) is 48.5 Å². The average Bonchev–Trinajstić information content (AvgIpc) is 2.78. The summed E-state index contributed by atoms with van der Waals surface area (Å²) >= 11 is 0. The van der Waals surface area contributed by atoms with Gasteiger partial charge in [-0.15, -0.1) is 0 Å². The number of hydrogen-bond acceptors (Lipinski definition) is 5. The summed E-state index contributed by atoms with van der Waals surface area (Å²) in [6, 6.07) is 14.9. The molecule has 0 saturated carbocycles. The van der Waals surface area contributed by atoms with E-state index >= 15 is 0 Å². The van der Waals surface area contributed by atoms with E-state index in [0.717, 1.165) is 32.5 Å². The second kappa shape index (κ2) is 9.09. The Morgan fingerprint density at radius 1 is 0.931 bits per heavy atom. The van der Waals surface area contributed by atoms with Gasteiger partial charge in [0.2, 0.25) is 0 Å². The summed E-state index contributed by atoms with van der Waals surface area (Å²) in [6.07, 6.45) is 2.27. The molecule has 1 amide bonds. The molecule has 0 aromatic heterocycles. The highest BCUT2D eigenvalue weighted by atomic mass is 16.6. The van der Waals surface area contributed by atoms with Crippen LogP contribution in [0.2, 0.25) is 0 Å². The minimum absolute atomic E-state index is 0.0159. The molecule has 29 heavy (non-hydrogen) atoms. The molecule has 6 nitrogen and oxygen atoms in total. The van der Waals surface area contributed by atoms with Crippen molar-refractivity contribution >= 4 is 11.7 Å². The molecular formula is C23H26N2O4. The Labute approximate surface area is 170 Å². The molecule has 1 saturated heterocycles. The molecule has 4 rings (SSSR count). The molecule has 1 fully saturated rings. The first kappa shape index (κ1) is 19.5. The first-order chi connectivity index (χ1) is 14.2. The molecule has 2 aliphatic heterocycles. The number of benzene rings is 2. The number of hydrogen-bond donors (Lipinski definition) is 1. The molecular weight excluding hydrogens is 368 g/mol.